The molecular formula is C15H22ClNO. The van der Waals surface area contributed by atoms with E-state index in [-0.39, 0.29) is 12.0 Å². The van der Waals surface area contributed by atoms with Crippen molar-refractivity contribution in [3.05, 3.63) is 34.3 Å². The fraction of sp³-hybridized carbons (Fsp3) is 0.600. The lowest BCUT2D eigenvalue weighted by molar-refractivity contribution is 0.221. The molecular weight excluding hydrogens is 246 g/mol. The summed E-state index contributed by atoms with van der Waals surface area (Å²) in [5.41, 5.74) is 2.90. The average Bonchev–Trinajstić information content (AvgIpc) is 2.51. The molecule has 0 heterocycles. The van der Waals surface area contributed by atoms with Crippen LogP contribution in [-0.2, 0) is 6.42 Å². The second kappa shape index (κ2) is 5.20. The van der Waals surface area contributed by atoms with Crippen molar-refractivity contribution < 1.29 is 5.11 Å². The van der Waals surface area contributed by atoms with Crippen molar-refractivity contribution in [2.45, 2.75) is 45.7 Å². The molecule has 1 aromatic rings. The third-order valence-electron chi connectivity index (χ3n) is 3.86. The molecule has 2 N–H and O–H groups in total. The lowest BCUT2D eigenvalue weighted by Gasteiger charge is -2.31. The van der Waals surface area contributed by atoms with Crippen LogP contribution in [0.4, 0.5) is 0 Å². The van der Waals surface area contributed by atoms with E-state index in [4.69, 9.17) is 16.7 Å². The summed E-state index contributed by atoms with van der Waals surface area (Å²) >= 11 is 6.11. The zero-order valence-electron chi connectivity index (χ0n) is 11.3. The van der Waals surface area contributed by atoms with Gasteiger partial charge in [-0.15, -0.1) is 0 Å². The van der Waals surface area contributed by atoms with E-state index in [1.807, 2.05) is 6.07 Å². The Morgan fingerprint density at radius 3 is 2.89 bits per heavy atom. The maximum Gasteiger partial charge on any atom is 0.0445 e. The van der Waals surface area contributed by atoms with E-state index in [0.717, 1.165) is 17.9 Å². The molecule has 0 amide bonds. The monoisotopic (exact) mass is 267 g/mol. The van der Waals surface area contributed by atoms with Crippen molar-refractivity contribution in [3.63, 3.8) is 0 Å². The second-order valence-corrected chi connectivity index (χ2v) is 6.46. The van der Waals surface area contributed by atoms with Crippen LogP contribution in [0, 0.1) is 5.41 Å². The molecule has 0 saturated heterocycles. The molecule has 0 aromatic heterocycles. The van der Waals surface area contributed by atoms with Crippen molar-refractivity contribution in [3.8, 4) is 0 Å². The topological polar surface area (TPSA) is 32.3 Å². The Bertz CT molecular complexity index is 431. The molecule has 0 radical (unpaired) electrons. The molecule has 3 heteroatoms. The quantitative estimate of drug-likeness (QED) is 0.877. The molecule has 0 fully saturated rings. The summed E-state index contributed by atoms with van der Waals surface area (Å²) in [5.74, 6) is 0. The van der Waals surface area contributed by atoms with Gasteiger partial charge in [0.25, 0.3) is 0 Å². The van der Waals surface area contributed by atoms with Gasteiger partial charge in [-0.05, 0) is 48.4 Å². The highest BCUT2D eigenvalue weighted by Gasteiger charge is 2.39. The predicted molar refractivity (Wildman–Crippen MR) is 76.0 cm³/mol. The molecule has 1 aliphatic rings. The Labute approximate surface area is 114 Å². The average molecular weight is 268 g/mol. The Morgan fingerprint density at radius 2 is 2.22 bits per heavy atom. The highest BCUT2D eigenvalue weighted by Crippen LogP contribution is 2.46. The van der Waals surface area contributed by atoms with Crippen LogP contribution in [0.25, 0.3) is 0 Å². The van der Waals surface area contributed by atoms with E-state index < -0.39 is 0 Å². The minimum atomic E-state index is 0.191. The SMILES string of the molecule is CC(CCO)NC1c2cc(Cl)ccc2CC1(C)C. The number of aliphatic hydroxyl groups is 1. The van der Waals surface area contributed by atoms with Crippen molar-refractivity contribution in [1.82, 2.24) is 5.32 Å². The fourth-order valence-corrected chi connectivity index (χ4v) is 3.07. The van der Waals surface area contributed by atoms with Crippen LogP contribution in [0.5, 0.6) is 0 Å². The Balaban J connectivity index is 2.25. The van der Waals surface area contributed by atoms with Crippen LogP contribution >= 0.6 is 11.6 Å². The molecule has 0 aliphatic heterocycles. The number of nitrogens with one attached hydrogen (secondary N) is 1. The van der Waals surface area contributed by atoms with Gasteiger partial charge in [0.15, 0.2) is 0 Å². The third kappa shape index (κ3) is 2.71. The van der Waals surface area contributed by atoms with Gasteiger partial charge in [0, 0.05) is 23.7 Å². The number of fused-ring (bicyclic) bond motifs is 1. The molecule has 2 nitrogen and oxygen atoms in total. The Hall–Kier alpha value is -0.570. The second-order valence-electron chi connectivity index (χ2n) is 6.02. The van der Waals surface area contributed by atoms with Crippen LogP contribution in [0.15, 0.2) is 18.2 Å². The van der Waals surface area contributed by atoms with Gasteiger partial charge in [0.2, 0.25) is 0 Å². The van der Waals surface area contributed by atoms with Crippen molar-refractivity contribution >= 4 is 11.6 Å². The zero-order chi connectivity index (χ0) is 13.3. The largest absolute Gasteiger partial charge is 0.396 e. The fourth-order valence-electron chi connectivity index (χ4n) is 2.89. The van der Waals surface area contributed by atoms with Gasteiger partial charge in [0.05, 0.1) is 0 Å². The normalized spacial score (nSPS) is 22.8. The Morgan fingerprint density at radius 1 is 1.50 bits per heavy atom. The van der Waals surface area contributed by atoms with Crippen molar-refractivity contribution in [2.75, 3.05) is 6.61 Å². The number of aliphatic hydroxyl groups excluding tert-OH is 1. The lowest BCUT2D eigenvalue weighted by Crippen LogP contribution is -2.37. The van der Waals surface area contributed by atoms with E-state index in [0.29, 0.717) is 12.1 Å². The van der Waals surface area contributed by atoms with Crippen LogP contribution in [0.3, 0.4) is 0 Å². The summed E-state index contributed by atoms with van der Waals surface area (Å²) in [6.45, 7) is 6.91. The van der Waals surface area contributed by atoms with Crippen LogP contribution < -0.4 is 5.32 Å². The highest BCUT2D eigenvalue weighted by molar-refractivity contribution is 6.30. The molecule has 1 aromatic carbocycles. The van der Waals surface area contributed by atoms with Gasteiger partial charge in [-0.2, -0.15) is 0 Å². The number of halogens is 1. The van der Waals surface area contributed by atoms with Crippen LogP contribution in [0.1, 0.15) is 44.4 Å². The molecule has 0 saturated carbocycles. The first kappa shape index (κ1) is 13.9. The predicted octanol–water partition coefficient (Wildman–Crippen LogP) is 3.32. The van der Waals surface area contributed by atoms with Gasteiger partial charge >= 0.3 is 0 Å². The minimum Gasteiger partial charge on any atom is -0.396 e. The third-order valence-corrected chi connectivity index (χ3v) is 4.09. The van der Waals surface area contributed by atoms with Gasteiger partial charge in [-0.25, -0.2) is 0 Å². The van der Waals surface area contributed by atoms with Gasteiger partial charge in [-0.1, -0.05) is 31.5 Å². The van der Waals surface area contributed by atoms with Gasteiger partial charge in [-0.3, -0.25) is 0 Å². The molecule has 2 rings (SSSR count). The van der Waals surface area contributed by atoms with E-state index in [9.17, 15) is 0 Å². The first-order chi connectivity index (χ1) is 8.44. The molecule has 2 atom stereocenters. The van der Waals surface area contributed by atoms with E-state index in [1.165, 1.54) is 11.1 Å². The first-order valence-electron chi connectivity index (χ1n) is 6.59. The van der Waals surface area contributed by atoms with E-state index in [2.05, 4.69) is 38.2 Å². The number of hydrogen-bond donors (Lipinski definition) is 2. The number of hydrogen-bond acceptors (Lipinski definition) is 2. The van der Waals surface area contributed by atoms with Crippen LogP contribution in [-0.4, -0.2) is 17.8 Å². The minimum absolute atomic E-state index is 0.191. The van der Waals surface area contributed by atoms with Crippen molar-refractivity contribution in [1.29, 1.82) is 0 Å². The molecule has 100 valence electrons. The standard InChI is InChI=1S/C15H22ClNO/c1-10(6-7-18)17-14-13-8-12(16)5-4-11(13)9-15(14,2)3/h4-5,8,10,14,17-18H,6-7,9H2,1-3H3. The van der Waals surface area contributed by atoms with E-state index >= 15 is 0 Å². The van der Waals surface area contributed by atoms with Crippen molar-refractivity contribution in [2.24, 2.45) is 5.41 Å². The summed E-state index contributed by atoms with van der Waals surface area (Å²) < 4.78 is 0. The summed E-state index contributed by atoms with van der Waals surface area (Å²) in [7, 11) is 0. The molecule has 1 aliphatic carbocycles. The molecule has 2 unspecified atom stereocenters. The van der Waals surface area contributed by atoms with Crippen LogP contribution in [0.2, 0.25) is 5.02 Å². The number of rotatable bonds is 4. The van der Waals surface area contributed by atoms with E-state index in [1.54, 1.807) is 0 Å². The van der Waals surface area contributed by atoms with Gasteiger partial charge < -0.3 is 10.4 Å². The summed E-state index contributed by atoms with van der Waals surface area (Å²) in [4.78, 5) is 0. The molecule has 0 spiro atoms. The number of benzene rings is 1. The molecule has 0 bridgehead atoms. The zero-order valence-corrected chi connectivity index (χ0v) is 12.1. The highest BCUT2D eigenvalue weighted by atomic mass is 35.5. The van der Waals surface area contributed by atoms with Gasteiger partial charge in [0.1, 0.15) is 0 Å². The first-order valence-corrected chi connectivity index (χ1v) is 6.97. The lowest BCUT2D eigenvalue weighted by atomic mass is 9.85. The molecule has 18 heavy (non-hydrogen) atoms. The smallest absolute Gasteiger partial charge is 0.0445 e. The summed E-state index contributed by atoms with van der Waals surface area (Å²) in [6.07, 6.45) is 1.85. The maximum atomic E-state index is 9.02. The summed E-state index contributed by atoms with van der Waals surface area (Å²) in [5, 5.41) is 13.5. The summed E-state index contributed by atoms with van der Waals surface area (Å²) in [6, 6.07) is 6.81. The Kier molecular flexibility index (Phi) is 4.00. The maximum absolute atomic E-state index is 9.02.